The van der Waals surface area contributed by atoms with Crippen LogP contribution < -0.4 is 10.9 Å². The van der Waals surface area contributed by atoms with Crippen LogP contribution in [-0.2, 0) is 9.53 Å². The molecule has 12 heteroatoms. The number of amides is 1. The maximum absolute atomic E-state index is 16.1. The predicted molar refractivity (Wildman–Crippen MR) is 138 cm³/mol. The van der Waals surface area contributed by atoms with Gasteiger partial charge in [-0.3, -0.25) is 9.69 Å². The number of ether oxygens (including phenoxy) is 1. The number of rotatable bonds is 6. The highest BCUT2D eigenvalue weighted by molar-refractivity contribution is 5.82. The standard InChI is InChI=1S/C28H44F5N5O2/c1-36-16-34-35-25(36)24(30)27(14-40-15-27)18-3-2-4-20(11-18)38-13-22-21(26(38)39)9-17(10-23(22)28(31,32)33)12-37-7-5-19(29)6-8-37/h17-25,34-35H,2-16H2,1H3/t17?,18?,20?,21?,22?,23?,24-,25?/m1/s1. The number of carbonyl (C=O) groups is 1. The lowest BCUT2D eigenvalue weighted by atomic mass is 9.63. The van der Waals surface area contributed by atoms with Crippen LogP contribution in [0.15, 0.2) is 0 Å². The van der Waals surface area contributed by atoms with Crippen LogP contribution in [0.2, 0.25) is 0 Å². The van der Waals surface area contributed by atoms with E-state index >= 15 is 4.39 Å². The summed E-state index contributed by atoms with van der Waals surface area (Å²) in [4.78, 5) is 19.5. The van der Waals surface area contributed by atoms with Crippen molar-refractivity contribution in [1.29, 1.82) is 0 Å². The highest BCUT2D eigenvalue weighted by Crippen LogP contribution is 2.53. The average Bonchev–Trinajstić information content (AvgIpc) is 3.47. The molecule has 2 N–H and O–H groups in total. The highest BCUT2D eigenvalue weighted by atomic mass is 19.4. The Morgan fingerprint density at radius 1 is 1.10 bits per heavy atom. The van der Waals surface area contributed by atoms with Gasteiger partial charge in [-0.15, -0.1) is 0 Å². The Hall–Kier alpha value is -1.08. The van der Waals surface area contributed by atoms with Crippen LogP contribution in [0.3, 0.4) is 0 Å². The first-order valence-electron chi connectivity index (χ1n) is 15.2. The van der Waals surface area contributed by atoms with E-state index < -0.39 is 47.9 Å². The van der Waals surface area contributed by atoms with Gasteiger partial charge in [-0.2, -0.15) is 13.2 Å². The molecule has 0 aromatic rings. The molecule has 0 spiro atoms. The molecule has 6 rings (SSSR count). The molecule has 6 fully saturated rings. The zero-order valence-corrected chi connectivity index (χ0v) is 23.4. The number of carbonyl (C=O) groups excluding carboxylic acids is 1. The van der Waals surface area contributed by atoms with Gasteiger partial charge < -0.3 is 14.5 Å². The lowest BCUT2D eigenvalue weighted by molar-refractivity contribution is -0.205. The molecule has 6 aliphatic rings. The topological polar surface area (TPSA) is 60.1 Å². The van der Waals surface area contributed by atoms with E-state index in [1.165, 1.54) is 0 Å². The molecule has 8 atom stereocenters. The van der Waals surface area contributed by atoms with Gasteiger partial charge in [0.1, 0.15) is 18.5 Å². The minimum Gasteiger partial charge on any atom is -0.380 e. The van der Waals surface area contributed by atoms with Crippen molar-refractivity contribution < 1.29 is 31.5 Å². The summed E-state index contributed by atoms with van der Waals surface area (Å²) in [6, 6.07) is -0.162. The molecule has 4 aliphatic heterocycles. The van der Waals surface area contributed by atoms with Crippen LogP contribution in [0.25, 0.3) is 0 Å². The number of halogens is 5. The van der Waals surface area contributed by atoms with Crippen molar-refractivity contribution in [2.24, 2.45) is 35.0 Å². The zero-order chi connectivity index (χ0) is 28.2. The van der Waals surface area contributed by atoms with E-state index in [4.69, 9.17) is 4.74 Å². The molecule has 4 heterocycles. The summed E-state index contributed by atoms with van der Waals surface area (Å²) in [6.07, 6.45) is -2.46. The van der Waals surface area contributed by atoms with Gasteiger partial charge in [0.25, 0.3) is 0 Å². The van der Waals surface area contributed by atoms with E-state index in [9.17, 15) is 22.4 Å². The first-order chi connectivity index (χ1) is 19.1. The third-order valence-corrected chi connectivity index (χ3v) is 11.2. The predicted octanol–water partition coefficient (Wildman–Crippen LogP) is 3.32. The second-order valence-corrected chi connectivity index (χ2v) is 13.5. The van der Waals surface area contributed by atoms with Crippen molar-refractivity contribution in [2.45, 2.75) is 82.1 Å². The largest absolute Gasteiger partial charge is 0.392 e. The van der Waals surface area contributed by atoms with Gasteiger partial charge in [-0.1, -0.05) is 6.42 Å². The number of hydrogen-bond acceptors (Lipinski definition) is 6. The minimum absolute atomic E-state index is 0.00539. The summed E-state index contributed by atoms with van der Waals surface area (Å²) in [6.45, 7) is 2.97. The second kappa shape index (κ2) is 11.2. The summed E-state index contributed by atoms with van der Waals surface area (Å²) in [5.41, 5.74) is 5.37. The molecule has 7 unspecified atom stereocenters. The molecule has 0 bridgehead atoms. The Labute approximate surface area is 233 Å². The van der Waals surface area contributed by atoms with Crippen molar-refractivity contribution in [2.75, 3.05) is 53.1 Å². The Morgan fingerprint density at radius 3 is 2.48 bits per heavy atom. The molecule has 1 amide bonds. The molecule has 0 aromatic carbocycles. The Morgan fingerprint density at radius 2 is 1.85 bits per heavy atom. The van der Waals surface area contributed by atoms with E-state index in [2.05, 4.69) is 15.8 Å². The van der Waals surface area contributed by atoms with Crippen molar-refractivity contribution in [3.05, 3.63) is 0 Å². The molecule has 2 aliphatic carbocycles. The van der Waals surface area contributed by atoms with Gasteiger partial charge in [0.15, 0.2) is 0 Å². The van der Waals surface area contributed by atoms with Gasteiger partial charge in [0.05, 0.1) is 31.2 Å². The van der Waals surface area contributed by atoms with E-state index in [1.807, 2.05) is 11.9 Å². The number of hydrogen-bond donors (Lipinski definition) is 2. The van der Waals surface area contributed by atoms with Crippen molar-refractivity contribution in [1.82, 2.24) is 25.6 Å². The Kier molecular flexibility index (Phi) is 8.13. The fraction of sp³-hybridized carbons (Fsp3) is 0.964. The molecule has 7 nitrogen and oxygen atoms in total. The number of hydrazine groups is 1. The third-order valence-electron chi connectivity index (χ3n) is 11.2. The molecular formula is C28H44F5N5O2. The number of nitrogens with one attached hydrogen (secondary N) is 2. The summed E-state index contributed by atoms with van der Waals surface area (Å²) in [5.74, 6) is -3.21. The van der Waals surface area contributed by atoms with Gasteiger partial charge in [0, 0.05) is 38.1 Å². The third kappa shape index (κ3) is 5.29. The molecule has 0 aromatic heterocycles. The van der Waals surface area contributed by atoms with E-state index in [0.717, 1.165) is 19.3 Å². The monoisotopic (exact) mass is 577 g/mol. The van der Waals surface area contributed by atoms with Gasteiger partial charge >= 0.3 is 6.18 Å². The van der Waals surface area contributed by atoms with Gasteiger partial charge in [-0.05, 0) is 69.7 Å². The van der Waals surface area contributed by atoms with Crippen molar-refractivity contribution in [3.8, 4) is 0 Å². The average molecular weight is 578 g/mol. The van der Waals surface area contributed by atoms with Crippen LogP contribution in [0.4, 0.5) is 22.0 Å². The summed E-state index contributed by atoms with van der Waals surface area (Å²) < 4.78 is 78.3. The van der Waals surface area contributed by atoms with Crippen molar-refractivity contribution in [3.63, 3.8) is 0 Å². The summed E-state index contributed by atoms with van der Waals surface area (Å²) in [7, 11) is 1.86. The van der Waals surface area contributed by atoms with E-state index in [0.29, 0.717) is 65.2 Å². The lowest BCUT2D eigenvalue weighted by Crippen LogP contribution is -2.63. The minimum atomic E-state index is -4.36. The fourth-order valence-corrected chi connectivity index (χ4v) is 8.84. The molecule has 0 radical (unpaired) electrons. The first-order valence-corrected chi connectivity index (χ1v) is 15.2. The second-order valence-electron chi connectivity index (χ2n) is 13.5. The number of fused-ring (bicyclic) bond motifs is 1. The highest BCUT2D eigenvalue weighted by Gasteiger charge is 2.60. The maximum atomic E-state index is 16.1. The number of likely N-dealkylation sites (tertiary alicyclic amines) is 2. The molecule has 4 saturated heterocycles. The van der Waals surface area contributed by atoms with Crippen LogP contribution >= 0.6 is 0 Å². The first kappa shape index (κ1) is 29.0. The molecular weight excluding hydrogens is 533 g/mol. The van der Waals surface area contributed by atoms with Crippen LogP contribution in [0.5, 0.6) is 0 Å². The number of piperidine rings is 1. The van der Waals surface area contributed by atoms with Crippen LogP contribution in [0.1, 0.15) is 51.4 Å². The molecule has 228 valence electrons. The summed E-state index contributed by atoms with van der Waals surface area (Å²) in [5, 5.41) is 0. The Balaban J connectivity index is 1.15. The van der Waals surface area contributed by atoms with Crippen LogP contribution in [-0.4, -0.2) is 104 Å². The van der Waals surface area contributed by atoms with E-state index in [-0.39, 0.29) is 36.8 Å². The normalized spacial score (nSPS) is 40.7. The molecule has 40 heavy (non-hydrogen) atoms. The quantitative estimate of drug-likeness (QED) is 0.473. The van der Waals surface area contributed by atoms with E-state index in [1.54, 1.807) is 4.90 Å². The van der Waals surface area contributed by atoms with Crippen molar-refractivity contribution >= 4 is 5.91 Å². The number of nitrogens with zero attached hydrogens (tertiary/aromatic N) is 3. The smallest absolute Gasteiger partial charge is 0.380 e. The fourth-order valence-electron chi connectivity index (χ4n) is 8.84. The summed E-state index contributed by atoms with van der Waals surface area (Å²) >= 11 is 0. The number of alkyl halides is 5. The SMILES string of the molecule is CN1CNNC1[C@@H](F)C1(C2CCCC(N3CC4C(CC(CN5CCC(F)CC5)CC4C(F)(F)F)C3=O)C2)COC1. The van der Waals surface area contributed by atoms with Gasteiger partial charge in [-0.25, -0.2) is 19.6 Å². The van der Waals surface area contributed by atoms with Gasteiger partial charge in [0.2, 0.25) is 5.91 Å². The zero-order valence-electron chi connectivity index (χ0n) is 23.4. The Bertz CT molecular complexity index is 914. The van der Waals surface area contributed by atoms with Crippen LogP contribution in [0, 0.1) is 35.0 Å². The lowest BCUT2D eigenvalue weighted by Gasteiger charge is -2.53. The maximum Gasteiger partial charge on any atom is 0.392 e. The molecule has 2 saturated carbocycles.